The van der Waals surface area contributed by atoms with Gasteiger partial charge in [-0.3, -0.25) is 4.79 Å². The maximum atomic E-state index is 12.9. The predicted octanol–water partition coefficient (Wildman–Crippen LogP) is 3.29. The van der Waals surface area contributed by atoms with Gasteiger partial charge in [-0.25, -0.2) is 4.98 Å². The van der Waals surface area contributed by atoms with E-state index in [9.17, 15) is 4.79 Å². The van der Waals surface area contributed by atoms with Gasteiger partial charge in [0.2, 0.25) is 11.9 Å². The number of hydrogen-bond acceptors (Lipinski definition) is 6. The number of allylic oxidation sites excluding steroid dienone is 2. The zero-order valence-electron chi connectivity index (χ0n) is 16.4. The van der Waals surface area contributed by atoms with Gasteiger partial charge in [0.25, 0.3) is 0 Å². The van der Waals surface area contributed by atoms with Crippen molar-refractivity contribution >= 4 is 23.4 Å². The van der Waals surface area contributed by atoms with Crippen LogP contribution in [0.2, 0.25) is 0 Å². The Balaban J connectivity index is 2.02. The highest BCUT2D eigenvalue weighted by molar-refractivity contribution is 6.04. The summed E-state index contributed by atoms with van der Waals surface area (Å²) < 4.78 is 5.26. The standard InChI is InChI=1S/C19H29N5O2/c1-6-15-18(25)23(4)16-11-20-19(21-12(2)13(3)26-5)22-17(16)24(15)14-9-7-8-10-14/h11,14-15H,6-10H2,1-5H3,(H,20,21,22)/t15-/m1/s1. The average molecular weight is 359 g/mol. The zero-order valence-corrected chi connectivity index (χ0v) is 16.4. The first-order chi connectivity index (χ1) is 12.5. The van der Waals surface area contributed by atoms with Crippen molar-refractivity contribution < 1.29 is 9.53 Å². The second kappa shape index (κ2) is 7.51. The third kappa shape index (κ3) is 3.22. The van der Waals surface area contributed by atoms with E-state index in [2.05, 4.69) is 22.1 Å². The largest absolute Gasteiger partial charge is 0.500 e. The molecule has 142 valence electrons. The van der Waals surface area contributed by atoms with Crippen LogP contribution in [0.1, 0.15) is 52.9 Å². The minimum Gasteiger partial charge on any atom is -0.500 e. The molecule has 7 heteroatoms. The molecular formula is C19H29N5O2. The van der Waals surface area contributed by atoms with E-state index < -0.39 is 0 Å². The second-order valence-corrected chi connectivity index (χ2v) is 7.08. The van der Waals surface area contributed by atoms with E-state index in [-0.39, 0.29) is 11.9 Å². The van der Waals surface area contributed by atoms with Gasteiger partial charge >= 0.3 is 0 Å². The minimum absolute atomic E-state index is 0.127. The van der Waals surface area contributed by atoms with Gasteiger partial charge in [0.05, 0.1) is 19.0 Å². The van der Waals surface area contributed by atoms with Crippen LogP contribution < -0.4 is 15.1 Å². The van der Waals surface area contributed by atoms with E-state index in [1.165, 1.54) is 12.8 Å². The molecule has 0 aromatic carbocycles. The molecule has 0 radical (unpaired) electrons. The lowest BCUT2D eigenvalue weighted by Crippen LogP contribution is -2.55. The molecule has 1 amide bonds. The molecule has 26 heavy (non-hydrogen) atoms. The molecule has 1 aliphatic heterocycles. The number of carbonyl (C=O) groups excluding carboxylic acids is 1. The lowest BCUT2D eigenvalue weighted by molar-refractivity contribution is -0.120. The number of hydrogen-bond donors (Lipinski definition) is 1. The number of carbonyl (C=O) groups is 1. The van der Waals surface area contributed by atoms with E-state index in [4.69, 9.17) is 9.72 Å². The lowest BCUT2D eigenvalue weighted by Gasteiger charge is -2.43. The fourth-order valence-corrected chi connectivity index (χ4v) is 3.85. The molecule has 0 bridgehead atoms. The van der Waals surface area contributed by atoms with Crippen molar-refractivity contribution in [2.24, 2.45) is 0 Å². The number of amides is 1. The highest BCUT2D eigenvalue weighted by Crippen LogP contribution is 2.39. The Morgan fingerprint density at radius 1 is 1.35 bits per heavy atom. The summed E-state index contributed by atoms with van der Waals surface area (Å²) in [5, 5.41) is 3.22. The summed E-state index contributed by atoms with van der Waals surface area (Å²) in [5.41, 5.74) is 1.65. The minimum atomic E-state index is -0.157. The van der Waals surface area contributed by atoms with Gasteiger partial charge in [0.1, 0.15) is 17.5 Å². The monoisotopic (exact) mass is 359 g/mol. The fourth-order valence-electron chi connectivity index (χ4n) is 3.85. The Bertz CT molecular complexity index is 712. The molecule has 1 atom stereocenters. The summed E-state index contributed by atoms with van der Waals surface area (Å²) in [5.74, 6) is 2.30. The molecule has 2 heterocycles. The number of anilines is 3. The van der Waals surface area contributed by atoms with E-state index in [1.54, 1.807) is 18.2 Å². The summed E-state index contributed by atoms with van der Waals surface area (Å²) in [4.78, 5) is 26.0. The van der Waals surface area contributed by atoms with Crippen LogP contribution >= 0.6 is 0 Å². The topological polar surface area (TPSA) is 70.6 Å². The molecule has 1 N–H and O–H groups in total. The molecule has 0 saturated heterocycles. The second-order valence-electron chi connectivity index (χ2n) is 7.08. The van der Waals surface area contributed by atoms with E-state index in [0.717, 1.165) is 42.2 Å². The fraction of sp³-hybridized carbons (Fsp3) is 0.632. The number of nitrogens with one attached hydrogen (secondary N) is 1. The first-order valence-corrected chi connectivity index (χ1v) is 9.39. The van der Waals surface area contributed by atoms with Gasteiger partial charge in [-0.1, -0.05) is 19.8 Å². The van der Waals surface area contributed by atoms with Gasteiger partial charge in [0.15, 0.2) is 5.82 Å². The van der Waals surface area contributed by atoms with Crippen LogP contribution in [0, 0.1) is 0 Å². The van der Waals surface area contributed by atoms with E-state index >= 15 is 0 Å². The van der Waals surface area contributed by atoms with Gasteiger partial charge in [0, 0.05) is 13.1 Å². The first kappa shape index (κ1) is 18.5. The van der Waals surface area contributed by atoms with Crippen LogP contribution in [0.4, 0.5) is 17.5 Å². The third-order valence-electron chi connectivity index (χ3n) is 5.55. The van der Waals surface area contributed by atoms with Crippen LogP contribution in [0.15, 0.2) is 17.7 Å². The predicted molar refractivity (Wildman–Crippen MR) is 103 cm³/mol. The normalized spacial score (nSPS) is 21.6. The van der Waals surface area contributed by atoms with Gasteiger partial charge in [-0.2, -0.15) is 4.98 Å². The Morgan fingerprint density at radius 3 is 2.65 bits per heavy atom. The summed E-state index contributed by atoms with van der Waals surface area (Å²) in [6.45, 7) is 5.89. The molecule has 1 aromatic rings. The molecule has 1 aliphatic carbocycles. The number of methoxy groups -OCH3 is 1. The van der Waals surface area contributed by atoms with Crippen LogP contribution in [0.25, 0.3) is 0 Å². The molecule has 0 spiro atoms. The molecular weight excluding hydrogens is 330 g/mol. The number of rotatable bonds is 5. The summed E-state index contributed by atoms with van der Waals surface area (Å²) >= 11 is 0. The Kier molecular flexibility index (Phi) is 5.34. The van der Waals surface area contributed by atoms with Crippen molar-refractivity contribution in [3.63, 3.8) is 0 Å². The van der Waals surface area contributed by atoms with Gasteiger partial charge in [-0.05, 0) is 33.1 Å². The van der Waals surface area contributed by atoms with Crippen molar-refractivity contribution in [1.82, 2.24) is 9.97 Å². The van der Waals surface area contributed by atoms with Crippen molar-refractivity contribution in [2.75, 3.05) is 29.3 Å². The number of likely N-dealkylation sites (N-methyl/N-ethyl adjacent to an activating group) is 1. The van der Waals surface area contributed by atoms with Crippen molar-refractivity contribution in [3.05, 3.63) is 17.7 Å². The Labute approximate surface area is 155 Å². The summed E-state index contributed by atoms with van der Waals surface area (Å²) in [7, 11) is 3.45. The number of nitrogens with zero attached hydrogens (tertiary/aromatic N) is 4. The Morgan fingerprint density at radius 2 is 2.04 bits per heavy atom. The van der Waals surface area contributed by atoms with Crippen LogP contribution in [-0.2, 0) is 9.53 Å². The number of ether oxygens (including phenoxy) is 1. The zero-order chi connectivity index (χ0) is 18.8. The maximum absolute atomic E-state index is 12.9. The summed E-state index contributed by atoms with van der Waals surface area (Å²) in [6, 6.07) is 0.215. The highest BCUT2D eigenvalue weighted by Gasteiger charge is 2.41. The quantitative estimate of drug-likeness (QED) is 0.814. The number of aromatic nitrogens is 2. The average Bonchev–Trinajstić information content (AvgIpc) is 3.17. The van der Waals surface area contributed by atoms with Crippen LogP contribution in [0.3, 0.4) is 0 Å². The van der Waals surface area contributed by atoms with E-state index in [0.29, 0.717) is 12.0 Å². The third-order valence-corrected chi connectivity index (χ3v) is 5.55. The molecule has 0 unspecified atom stereocenters. The smallest absolute Gasteiger partial charge is 0.249 e. The lowest BCUT2D eigenvalue weighted by atomic mass is 10.0. The van der Waals surface area contributed by atoms with Crippen LogP contribution in [0.5, 0.6) is 0 Å². The van der Waals surface area contributed by atoms with Crippen LogP contribution in [-0.4, -0.2) is 42.1 Å². The first-order valence-electron chi connectivity index (χ1n) is 9.39. The van der Waals surface area contributed by atoms with Crippen molar-refractivity contribution in [3.8, 4) is 0 Å². The maximum Gasteiger partial charge on any atom is 0.249 e. The molecule has 2 aliphatic rings. The van der Waals surface area contributed by atoms with E-state index in [1.807, 2.05) is 20.9 Å². The van der Waals surface area contributed by atoms with Crippen molar-refractivity contribution in [1.29, 1.82) is 0 Å². The highest BCUT2D eigenvalue weighted by atomic mass is 16.5. The molecule has 1 saturated carbocycles. The Hall–Kier alpha value is -2.31. The molecule has 1 fully saturated rings. The summed E-state index contributed by atoms with van der Waals surface area (Å²) in [6.07, 6.45) is 7.16. The molecule has 1 aromatic heterocycles. The van der Waals surface area contributed by atoms with Crippen molar-refractivity contribution in [2.45, 2.75) is 65.0 Å². The SMILES string of the molecule is CC[C@@H]1C(=O)N(C)c2cnc(NC(C)=C(C)OC)nc2N1C1CCCC1. The van der Waals surface area contributed by atoms with Gasteiger partial charge < -0.3 is 19.9 Å². The molecule has 7 nitrogen and oxygen atoms in total. The number of fused-ring (bicyclic) bond motifs is 1. The molecule has 3 rings (SSSR count). The van der Waals surface area contributed by atoms with Gasteiger partial charge in [-0.15, -0.1) is 0 Å².